The predicted octanol–water partition coefficient (Wildman–Crippen LogP) is 2.05. The average molecular weight is 238 g/mol. The van der Waals surface area contributed by atoms with Crippen molar-refractivity contribution >= 4 is 0 Å². The van der Waals surface area contributed by atoms with Gasteiger partial charge in [-0.05, 0) is 33.4 Å². The lowest BCUT2D eigenvalue weighted by Crippen LogP contribution is -2.25. The Labute approximate surface area is 105 Å². The van der Waals surface area contributed by atoms with Gasteiger partial charge in [0.25, 0.3) is 0 Å². The Morgan fingerprint density at radius 3 is 2.53 bits per heavy atom. The molecule has 0 aromatic carbocycles. The predicted molar refractivity (Wildman–Crippen MR) is 71.9 cm³/mol. The van der Waals surface area contributed by atoms with Crippen LogP contribution in [0, 0.1) is 5.92 Å². The molecule has 2 N–H and O–H groups in total. The van der Waals surface area contributed by atoms with Crippen LogP contribution in [-0.2, 0) is 0 Å². The number of hydrogen-bond donors (Lipinski definition) is 1. The lowest BCUT2D eigenvalue weighted by molar-refractivity contribution is 0.328. The van der Waals surface area contributed by atoms with Crippen LogP contribution in [0.4, 0.5) is 0 Å². The van der Waals surface area contributed by atoms with Crippen LogP contribution in [0.3, 0.4) is 0 Å². The van der Waals surface area contributed by atoms with Crippen LogP contribution in [0.2, 0.25) is 0 Å². The Morgan fingerprint density at radius 1 is 1.35 bits per heavy atom. The summed E-state index contributed by atoms with van der Waals surface area (Å²) in [5.41, 5.74) is 7.38. The van der Waals surface area contributed by atoms with Gasteiger partial charge in [0.2, 0.25) is 0 Å². The van der Waals surface area contributed by atoms with Crippen molar-refractivity contribution in [1.82, 2.24) is 14.5 Å². The topological polar surface area (TPSA) is 47.1 Å². The summed E-state index contributed by atoms with van der Waals surface area (Å²) in [7, 11) is 4.17. The van der Waals surface area contributed by atoms with Crippen molar-refractivity contribution in [2.24, 2.45) is 11.7 Å². The number of hydrogen-bond acceptors (Lipinski definition) is 3. The Balaban J connectivity index is 2.77. The van der Waals surface area contributed by atoms with Gasteiger partial charge in [0.15, 0.2) is 0 Å². The maximum absolute atomic E-state index is 6.24. The van der Waals surface area contributed by atoms with E-state index in [0.29, 0.717) is 12.0 Å². The van der Waals surface area contributed by atoms with Crippen molar-refractivity contribution < 1.29 is 0 Å². The molecule has 0 radical (unpaired) electrons. The van der Waals surface area contributed by atoms with E-state index in [0.717, 1.165) is 18.7 Å². The molecule has 0 saturated heterocycles. The first-order chi connectivity index (χ1) is 7.91. The van der Waals surface area contributed by atoms with E-state index in [-0.39, 0.29) is 6.04 Å². The molecule has 0 aliphatic rings. The Kier molecular flexibility index (Phi) is 5.15. The molecule has 0 saturated carbocycles. The summed E-state index contributed by atoms with van der Waals surface area (Å²) in [6.07, 6.45) is 4.79. The maximum atomic E-state index is 6.24. The molecule has 1 rings (SSSR count). The fourth-order valence-corrected chi connectivity index (χ4v) is 2.22. The zero-order chi connectivity index (χ0) is 13.0. The highest BCUT2D eigenvalue weighted by atomic mass is 15.1. The summed E-state index contributed by atoms with van der Waals surface area (Å²) in [5.74, 6) is 0.609. The van der Waals surface area contributed by atoms with Gasteiger partial charge in [0, 0.05) is 24.8 Å². The van der Waals surface area contributed by atoms with Crippen molar-refractivity contribution in [2.75, 3.05) is 20.6 Å². The van der Waals surface area contributed by atoms with Crippen LogP contribution in [0.5, 0.6) is 0 Å². The normalized spacial score (nSPS) is 15.5. The van der Waals surface area contributed by atoms with Crippen molar-refractivity contribution in [2.45, 2.75) is 39.3 Å². The van der Waals surface area contributed by atoms with E-state index in [1.165, 1.54) is 0 Å². The quantitative estimate of drug-likeness (QED) is 0.825. The van der Waals surface area contributed by atoms with Gasteiger partial charge >= 0.3 is 0 Å². The van der Waals surface area contributed by atoms with Gasteiger partial charge in [-0.1, -0.05) is 13.8 Å². The molecule has 0 fully saturated rings. The van der Waals surface area contributed by atoms with Crippen molar-refractivity contribution in [3.05, 3.63) is 18.2 Å². The monoisotopic (exact) mass is 238 g/mol. The molecule has 1 heterocycles. The zero-order valence-corrected chi connectivity index (χ0v) is 11.7. The molecule has 2 unspecified atom stereocenters. The lowest BCUT2D eigenvalue weighted by Gasteiger charge is -2.23. The number of rotatable bonds is 6. The molecule has 0 aliphatic heterocycles. The number of likely N-dealkylation sites (N-methyl/N-ethyl adjacent to an activating group) is 1. The third kappa shape index (κ3) is 4.13. The van der Waals surface area contributed by atoms with Crippen molar-refractivity contribution in [3.8, 4) is 0 Å². The number of nitrogens with two attached hydrogens (primary N) is 1. The molecular formula is C13H26N4. The minimum Gasteiger partial charge on any atom is -0.329 e. The minimum atomic E-state index is 0.0853. The largest absolute Gasteiger partial charge is 0.329 e. The summed E-state index contributed by atoms with van der Waals surface area (Å²) >= 11 is 0. The number of aromatic nitrogens is 2. The first kappa shape index (κ1) is 14.2. The van der Waals surface area contributed by atoms with Crippen LogP contribution in [0.25, 0.3) is 0 Å². The second-order valence-electron chi connectivity index (χ2n) is 5.57. The van der Waals surface area contributed by atoms with E-state index in [4.69, 9.17) is 5.73 Å². The summed E-state index contributed by atoms with van der Waals surface area (Å²) in [6.45, 7) is 7.60. The fraction of sp³-hybridized carbons (Fsp3) is 0.769. The highest BCUT2D eigenvalue weighted by Crippen LogP contribution is 2.21. The molecule has 0 bridgehead atoms. The van der Waals surface area contributed by atoms with Gasteiger partial charge in [-0.2, -0.15) is 0 Å². The first-order valence-corrected chi connectivity index (χ1v) is 6.33. The van der Waals surface area contributed by atoms with Crippen molar-refractivity contribution in [3.63, 3.8) is 0 Å². The van der Waals surface area contributed by atoms with Crippen LogP contribution in [0.15, 0.2) is 12.5 Å². The second-order valence-corrected chi connectivity index (χ2v) is 5.57. The Morgan fingerprint density at radius 2 is 2.00 bits per heavy atom. The van der Waals surface area contributed by atoms with Gasteiger partial charge < -0.3 is 15.2 Å². The molecule has 17 heavy (non-hydrogen) atoms. The number of imidazole rings is 1. The molecule has 1 aromatic rings. The molecule has 2 atom stereocenters. The summed E-state index contributed by atoms with van der Waals surface area (Å²) in [4.78, 5) is 6.43. The van der Waals surface area contributed by atoms with E-state index >= 15 is 0 Å². The van der Waals surface area contributed by atoms with Gasteiger partial charge in [-0.15, -0.1) is 0 Å². The van der Waals surface area contributed by atoms with E-state index in [9.17, 15) is 0 Å². The smallest absolute Gasteiger partial charge is 0.0951 e. The van der Waals surface area contributed by atoms with Gasteiger partial charge in [0.05, 0.1) is 12.0 Å². The fourth-order valence-electron chi connectivity index (χ4n) is 2.22. The lowest BCUT2D eigenvalue weighted by atomic mass is 10.0. The van der Waals surface area contributed by atoms with E-state index in [1.807, 2.05) is 12.5 Å². The van der Waals surface area contributed by atoms with Crippen LogP contribution in [-0.4, -0.2) is 35.1 Å². The molecule has 0 amide bonds. The van der Waals surface area contributed by atoms with Gasteiger partial charge in [0.1, 0.15) is 0 Å². The summed E-state index contributed by atoms with van der Waals surface area (Å²) in [6, 6.07) is 0.489. The molecule has 0 aliphatic carbocycles. The van der Waals surface area contributed by atoms with Crippen LogP contribution in [0.1, 0.15) is 45.0 Å². The van der Waals surface area contributed by atoms with Crippen LogP contribution >= 0.6 is 0 Å². The van der Waals surface area contributed by atoms with E-state index in [1.54, 1.807) is 0 Å². The third-order valence-electron chi connectivity index (χ3n) is 2.91. The van der Waals surface area contributed by atoms with Crippen molar-refractivity contribution in [1.29, 1.82) is 0 Å². The molecule has 0 spiro atoms. The zero-order valence-electron chi connectivity index (χ0n) is 11.7. The van der Waals surface area contributed by atoms with Crippen LogP contribution < -0.4 is 5.73 Å². The first-order valence-electron chi connectivity index (χ1n) is 6.33. The molecular weight excluding hydrogens is 212 g/mol. The van der Waals surface area contributed by atoms with Gasteiger partial charge in [-0.25, -0.2) is 4.98 Å². The highest BCUT2D eigenvalue weighted by molar-refractivity contribution is 5.06. The Bertz CT molecular complexity index is 299. The van der Waals surface area contributed by atoms with E-state index in [2.05, 4.69) is 49.3 Å². The summed E-state index contributed by atoms with van der Waals surface area (Å²) in [5, 5.41) is 0. The SMILES string of the molecule is CC(C)CC(N)c1cncn1C(C)CN(C)C. The molecule has 4 nitrogen and oxygen atoms in total. The van der Waals surface area contributed by atoms with E-state index < -0.39 is 0 Å². The number of nitrogens with zero attached hydrogens (tertiary/aromatic N) is 3. The molecule has 98 valence electrons. The Hall–Kier alpha value is -0.870. The van der Waals surface area contributed by atoms with Gasteiger partial charge in [-0.3, -0.25) is 0 Å². The third-order valence-corrected chi connectivity index (χ3v) is 2.91. The maximum Gasteiger partial charge on any atom is 0.0951 e. The highest BCUT2D eigenvalue weighted by Gasteiger charge is 2.16. The molecule has 1 aromatic heterocycles. The summed E-state index contributed by atoms with van der Waals surface area (Å²) < 4.78 is 2.20. The standard InChI is InChI=1S/C13H26N4/c1-10(2)6-12(14)13-7-15-9-17(13)11(3)8-16(4)5/h7,9-12H,6,8,14H2,1-5H3. The molecule has 4 heteroatoms. The minimum absolute atomic E-state index is 0.0853. The average Bonchev–Trinajstić information content (AvgIpc) is 2.63. The second kappa shape index (κ2) is 6.17.